The lowest BCUT2D eigenvalue weighted by atomic mass is 10.1. The number of hydrogen-bond donors (Lipinski definition) is 0. The minimum absolute atomic E-state index is 0.236. The molecule has 1 unspecified atom stereocenters. The second-order valence-corrected chi connectivity index (χ2v) is 12.8. The van der Waals surface area contributed by atoms with Crippen molar-refractivity contribution in [3.63, 3.8) is 0 Å². The van der Waals surface area contributed by atoms with Crippen LogP contribution in [0.5, 0.6) is 0 Å². The molecule has 0 amide bonds. The van der Waals surface area contributed by atoms with E-state index in [0.29, 0.717) is 5.52 Å². The van der Waals surface area contributed by atoms with E-state index in [2.05, 4.69) is 15.2 Å². The van der Waals surface area contributed by atoms with Crippen molar-refractivity contribution in [1.29, 1.82) is 0 Å². The first kappa shape index (κ1) is 23.2. The van der Waals surface area contributed by atoms with E-state index in [-0.39, 0.29) is 16.8 Å². The number of hydrogen-bond acceptors (Lipinski definition) is 10. The van der Waals surface area contributed by atoms with Crippen molar-refractivity contribution >= 4 is 47.0 Å². The van der Waals surface area contributed by atoms with E-state index in [0.717, 1.165) is 29.0 Å². The van der Waals surface area contributed by atoms with Gasteiger partial charge in [0.05, 0.1) is 10.2 Å². The van der Waals surface area contributed by atoms with E-state index in [1.54, 1.807) is 0 Å². The summed E-state index contributed by atoms with van der Waals surface area (Å²) < 4.78 is 55.5. The molecule has 9 nitrogen and oxygen atoms in total. The van der Waals surface area contributed by atoms with Crippen LogP contribution in [0, 0.1) is 0 Å². The van der Waals surface area contributed by atoms with Crippen molar-refractivity contribution in [2.45, 2.75) is 17.9 Å². The molecule has 2 aromatic heterocycles. The number of Topliss-reactive ketones (excluding diaryl/α,β-unsaturated/α-hetero) is 1. The first-order valence-corrected chi connectivity index (χ1v) is 14.3. The molecule has 4 rings (SSSR count). The fraction of sp³-hybridized carbons (Fsp3) is 0.238. The van der Waals surface area contributed by atoms with Gasteiger partial charge in [-0.1, -0.05) is 36.4 Å². The highest BCUT2D eigenvalue weighted by Crippen LogP contribution is 2.36. The Morgan fingerprint density at radius 1 is 1.03 bits per heavy atom. The summed E-state index contributed by atoms with van der Waals surface area (Å²) in [6.07, 6.45) is 1.02. The summed E-state index contributed by atoms with van der Waals surface area (Å²) in [5.41, 5.74) is 2.60. The van der Waals surface area contributed by atoms with Crippen LogP contribution in [0.3, 0.4) is 0 Å². The number of rotatable bonds is 8. The number of ketones is 1. The molecule has 0 fully saturated rings. The van der Waals surface area contributed by atoms with Crippen LogP contribution in [-0.4, -0.2) is 49.8 Å². The normalized spacial score (nSPS) is 13.3. The lowest BCUT2D eigenvalue weighted by molar-refractivity contribution is -0.114. The van der Waals surface area contributed by atoms with E-state index < -0.39 is 42.2 Å². The second-order valence-electron chi connectivity index (χ2n) is 7.58. The summed E-state index contributed by atoms with van der Waals surface area (Å²) in [4.78, 5) is 15.6. The van der Waals surface area contributed by atoms with Crippen LogP contribution < -0.4 is 0 Å². The van der Waals surface area contributed by atoms with E-state index in [1.807, 2.05) is 48.5 Å². The van der Waals surface area contributed by atoms with E-state index in [1.165, 1.54) is 11.3 Å². The molecule has 1 atom stereocenters. The fourth-order valence-corrected chi connectivity index (χ4v) is 7.06. The third kappa shape index (κ3) is 5.34. The van der Waals surface area contributed by atoms with Crippen LogP contribution in [-0.2, 0) is 30.2 Å². The van der Waals surface area contributed by atoms with Gasteiger partial charge in [0.15, 0.2) is 24.9 Å². The zero-order chi connectivity index (χ0) is 23.8. The van der Waals surface area contributed by atoms with Crippen molar-refractivity contribution in [1.82, 2.24) is 15.2 Å². The maximum Gasteiger partial charge on any atom is 0.241 e. The number of fused-ring (bicyclic) bond motifs is 1. The SMILES string of the molecule is CC(=O)CS(=O)(=O)Cc1nnc(C(c2nc3ccc(-c4ccccc4)cc3s2)S(C)(=O)=O)o1. The molecule has 12 heteroatoms. The number of aromatic nitrogens is 3. The fourth-order valence-electron chi connectivity index (χ4n) is 3.32. The zero-order valence-electron chi connectivity index (χ0n) is 17.6. The van der Waals surface area contributed by atoms with Gasteiger partial charge in [-0.25, -0.2) is 21.8 Å². The summed E-state index contributed by atoms with van der Waals surface area (Å²) in [5, 5.41) is 6.36. The summed E-state index contributed by atoms with van der Waals surface area (Å²) >= 11 is 1.19. The Balaban J connectivity index is 1.70. The van der Waals surface area contributed by atoms with Gasteiger partial charge in [0.1, 0.15) is 22.3 Å². The van der Waals surface area contributed by atoms with Crippen molar-refractivity contribution in [3.8, 4) is 11.1 Å². The number of thiazole rings is 1. The third-order valence-electron chi connectivity index (χ3n) is 4.64. The Labute approximate surface area is 194 Å². The quantitative estimate of drug-likeness (QED) is 0.354. The van der Waals surface area contributed by atoms with Gasteiger partial charge in [-0.15, -0.1) is 21.5 Å². The molecule has 0 spiro atoms. The summed E-state index contributed by atoms with van der Waals surface area (Å²) in [5.74, 6) is -2.40. The molecule has 0 N–H and O–H groups in total. The van der Waals surface area contributed by atoms with Crippen LogP contribution in [0.25, 0.3) is 21.3 Å². The molecule has 2 aromatic carbocycles. The van der Waals surface area contributed by atoms with Crippen molar-refractivity contribution in [3.05, 3.63) is 65.3 Å². The molecule has 0 aliphatic carbocycles. The molecule has 0 saturated heterocycles. The highest BCUT2D eigenvalue weighted by atomic mass is 32.2. The van der Waals surface area contributed by atoms with Crippen LogP contribution in [0.15, 0.2) is 52.9 Å². The van der Waals surface area contributed by atoms with Crippen LogP contribution in [0.1, 0.15) is 29.0 Å². The van der Waals surface area contributed by atoms with E-state index in [9.17, 15) is 21.6 Å². The standard InChI is InChI=1S/C21H19N3O6S3/c1-13(25)11-33(28,29)12-18-23-24-20(30-18)19(32(2,26)27)21-22-16-9-8-15(10-17(16)31-21)14-6-4-3-5-7-14/h3-10,19H,11-12H2,1-2H3. The average molecular weight is 506 g/mol. The predicted molar refractivity (Wildman–Crippen MR) is 124 cm³/mol. The van der Waals surface area contributed by atoms with Crippen LogP contribution in [0.4, 0.5) is 0 Å². The molecule has 0 radical (unpaired) electrons. The molecule has 0 bridgehead atoms. The van der Waals surface area contributed by atoms with Gasteiger partial charge in [0.25, 0.3) is 0 Å². The Morgan fingerprint density at radius 2 is 1.76 bits per heavy atom. The summed E-state index contributed by atoms with van der Waals surface area (Å²) in [7, 11) is -7.59. The number of nitrogens with zero attached hydrogens (tertiary/aromatic N) is 3. The molecule has 0 aliphatic rings. The molecule has 172 valence electrons. The van der Waals surface area contributed by atoms with Gasteiger partial charge in [0, 0.05) is 6.26 Å². The minimum atomic E-state index is -3.81. The third-order valence-corrected chi connectivity index (χ3v) is 8.68. The Morgan fingerprint density at radius 3 is 2.42 bits per heavy atom. The van der Waals surface area contributed by atoms with Gasteiger partial charge < -0.3 is 4.42 Å². The minimum Gasteiger partial charge on any atom is -0.422 e. The maximum absolute atomic E-state index is 12.6. The van der Waals surface area contributed by atoms with Crippen LogP contribution >= 0.6 is 11.3 Å². The molecular formula is C21H19N3O6S3. The zero-order valence-corrected chi connectivity index (χ0v) is 20.1. The molecule has 2 heterocycles. The predicted octanol–water partition coefficient (Wildman–Crippen LogP) is 2.98. The van der Waals surface area contributed by atoms with Crippen molar-refractivity contribution in [2.24, 2.45) is 0 Å². The monoisotopic (exact) mass is 505 g/mol. The second kappa shape index (κ2) is 8.76. The van der Waals surface area contributed by atoms with E-state index in [4.69, 9.17) is 4.42 Å². The van der Waals surface area contributed by atoms with Crippen molar-refractivity contribution in [2.75, 3.05) is 12.0 Å². The molecule has 33 heavy (non-hydrogen) atoms. The summed E-state index contributed by atoms with van der Waals surface area (Å²) in [6, 6.07) is 15.4. The highest BCUT2D eigenvalue weighted by Gasteiger charge is 2.34. The molecule has 0 aliphatic heterocycles. The topological polar surface area (TPSA) is 137 Å². The van der Waals surface area contributed by atoms with Gasteiger partial charge in [0.2, 0.25) is 11.8 Å². The largest absolute Gasteiger partial charge is 0.422 e. The lowest BCUT2D eigenvalue weighted by Crippen LogP contribution is -2.15. The van der Waals surface area contributed by atoms with E-state index >= 15 is 0 Å². The Kier molecular flexibility index (Phi) is 6.16. The highest BCUT2D eigenvalue weighted by molar-refractivity contribution is 7.91. The van der Waals surface area contributed by atoms with Gasteiger partial charge >= 0.3 is 0 Å². The average Bonchev–Trinajstić information content (AvgIpc) is 3.32. The molecule has 4 aromatic rings. The Hall–Kier alpha value is -2.96. The van der Waals surface area contributed by atoms with Gasteiger partial charge in [-0.05, 0) is 30.2 Å². The lowest BCUT2D eigenvalue weighted by Gasteiger charge is -2.07. The molecule has 0 saturated carbocycles. The van der Waals surface area contributed by atoms with Crippen molar-refractivity contribution < 1.29 is 26.0 Å². The smallest absolute Gasteiger partial charge is 0.241 e. The number of carbonyl (C=O) groups is 1. The summed E-state index contributed by atoms with van der Waals surface area (Å²) in [6.45, 7) is 1.16. The number of sulfone groups is 2. The molecular weight excluding hydrogens is 486 g/mol. The number of benzene rings is 2. The first-order valence-electron chi connectivity index (χ1n) is 9.69. The van der Waals surface area contributed by atoms with Gasteiger partial charge in [-0.2, -0.15) is 0 Å². The maximum atomic E-state index is 12.6. The Bertz CT molecular complexity index is 1540. The van der Waals surface area contributed by atoms with Crippen LogP contribution in [0.2, 0.25) is 0 Å². The number of carbonyl (C=O) groups excluding carboxylic acids is 1. The first-order chi connectivity index (χ1) is 15.5. The van der Waals surface area contributed by atoms with Gasteiger partial charge in [-0.3, -0.25) is 4.79 Å².